The van der Waals surface area contributed by atoms with E-state index in [9.17, 15) is 0 Å². The number of hydrogen-bond donors (Lipinski definition) is 2. The fourth-order valence-corrected chi connectivity index (χ4v) is 2.35. The van der Waals surface area contributed by atoms with Gasteiger partial charge in [0.05, 0.1) is 13.2 Å². The summed E-state index contributed by atoms with van der Waals surface area (Å²) >= 11 is 0. The van der Waals surface area contributed by atoms with Crippen LogP contribution in [0.25, 0.3) is 0 Å². The third-order valence-electron chi connectivity index (χ3n) is 3.78. The fraction of sp³-hybridized carbons (Fsp3) is 0.333. The highest BCUT2D eigenvalue weighted by atomic mass is 15.0. The molecule has 0 saturated heterocycles. The Morgan fingerprint density at radius 1 is 0.920 bits per heavy atom. The highest BCUT2D eigenvalue weighted by molar-refractivity contribution is 5.51. The molecule has 0 atom stereocenters. The molecule has 2 rings (SSSR count). The molecule has 0 amide bonds. The molecule has 0 radical (unpaired) electrons. The van der Waals surface area contributed by atoms with Crippen LogP contribution in [0.2, 0.25) is 0 Å². The largest absolute Gasteiger partial charge is 0.383 e. The van der Waals surface area contributed by atoms with Crippen LogP contribution in [0.15, 0.2) is 58.5 Å². The van der Waals surface area contributed by atoms with Crippen LogP contribution in [-0.2, 0) is 13.0 Å². The van der Waals surface area contributed by atoms with Crippen LogP contribution in [0.4, 0.5) is 5.69 Å². The molecule has 0 spiro atoms. The normalized spacial score (nSPS) is 9.68. The molecule has 0 saturated carbocycles. The number of hydrogen-bond acceptors (Lipinski definition) is 4. The topological polar surface area (TPSA) is 48.8 Å². The Labute approximate surface area is 152 Å². The zero-order valence-electron chi connectivity index (χ0n) is 15.5. The number of nitrogens with one attached hydrogen (secondary N) is 2. The minimum Gasteiger partial charge on any atom is -0.383 e. The predicted octanol–water partition coefficient (Wildman–Crippen LogP) is 4.10. The van der Waals surface area contributed by atoms with E-state index in [-0.39, 0.29) is 0 Å². The number of anilines is 1. The van der Waals surface area contributed by atoms with E-state index in [2.05, 4.69) is 78.2 Å². The molecule has 25 heavy (non-hydrogen) atoms. The fourth-order valence-electron chi connectivity index (χ4n) is 2.35. The summed E-state index contributed by atoms with van der Waals surface area (Å²) in [5.74, 6) is 0. The zero-order valence-corrected chi connectivity index (χ0v) is 15.5. The number of aryl methyl sites for hydroxylation is 2. The second-order valence-electron chi connectivity index (χ2n) is 5.62. The van der Waals surface area contributed by atoms with E-state index in [1.165, 1.54) is 22.4 Å². The summed E-state index contributed by atoms with van der Waals surface area (Å²) in [6.45, 7) is 14.2. The van der Waals surface area contributed by atoms with E-state index in [1.807, 2.05) is 18.2 Å². The first kappa shape index (κ1) is 20.6. The standard InChI is InChI=1S/C11H16N2.C10H14N2/c1-3-10-6-4-5-7-11(10)13-9-8-12-2;1-9-5-3-4-6-10(9)7-12-8-11-2/h4-7,13H,2-3,8-9H2,1H3;3-6,12H,2,7-8H2,1H3. The molecular formula is C21H30N4. The molecule has 2 aromatic carbocycles. The molecule has 134 valence electrons. The van der Waals surface area contributed by atoms with Crippen molar-refractivity contribution < 1.29 is 0 Å². The van der Waals surface area contributed by atoms with E-state index < -0.39 is 0 Å². The molecule has 2 aromatic rings. The van der Waals surface area contributed by atoms with Crippen molar-refractivity contribution >= 4 is 19.1 Å². The van der Waals surface area contributed by atoms with Crippen molar-refractivity contribution in [3.63, 3.8) is 0 Å². The molecule has 4 heteroatoms. The lowest BCUT2D eigenvalue weighted by atomic mass is 10.1. The average Bonchev–Trinajstić information content (AvgIpc) is 2.65. The third kappa shape index (κ3) is 8.27. The van der Waals surface area contributed by atoms with E-state index in [0.29, 0.717) is 6.67 Å². The monoisotopic (exact) mass is 338 g/mol. The van der Waals surface area contributed by atoms with Gasteiger partial charge in [-0.15, -0.1) is 0 Å². The summed E-state index contributed by atoms with van der Waals surface area (Å²) in [5, 5.41) is 6.49. The van der Waals surface area contributed by atoms with Crippen molar-refractivity contribution in [1.29, 1.82) is 0 Å². The summed E-state index contributed by atoms with van der Waals surface area (Å²) in [6.07, 6.45) is 1.06. The van der Waals surface area contributed by atoms with Gasteiger partial charge in [-0.25, -0.2) is 0 Å². The molecule has 4 nitrogen and oxygen atoms in total. The van der Waals surface area contributed by atoms with Gasteiger partial charge in [-0.3, -0.25) is 15.3 Å². The van der Waals surface area contributed by atoms with Crippen molar-refractivity contribution in [2.45, 2.75) is 26.8 Å². The first-order valence-electron chi connectivity index (χ1n) is 8.64. The van der Waals surface area contributed by atoms with Crippen LogP contribution in [0.3, 0.4) is 0 Å². The third-order valence-corrected chi connectivity index (χ3v) is 3.78. The quantitative estimate of drug-likeness (QED) is 0.534. The summed E-state index contributed by atoms with van der Waals surface area (Å²) < 4.78 is 0. The Balaban J connectivity index is 0.000000251. The maximum Gasteiger partial charge on any atom is 0.0879 e. The minimum absolute atomic E-state index is 0.619. The summed E-state index contributed by atoms with van der Waals surface area (Å²) in [4.78, 5) is 7.51. The highest BCUT2D eigenvalue weighted by Crippen LogP contribution is 2.14. The number of benzene rings is 2. The van der Waals surface area contributed by atoms with E-state index in [4.69, 9.17) is 0 Å². The van der Waals surface area contributed by atoms with Crippen LogP contribution in [-0.4, -0.2) is 33.2 Å². The minimum atomic E-state index is 0.619. The van der Waals surface area contributed by atoms with E-state index in [1.54, 1.807) is 0 Å². The Morgan fingerprint density at radius 3 is 2.24 bits per heavy atom. The van der Waals surface area contributed by atoms with Crippen molar-refractivity contribution in [2.24, 2.45) is 9.98 Å². The van der Waals surface area contributed by atoms with Gasteiger partial charge in [0.1, 0.15) is 0 Å². The average molecular weight is 338 g/mol. The van der Waals surface area contributed by atoms with Crippen LogP contribution in [0.5, 0.6) is 0 Å². The van der Waals surface area contributed by atoms with Crippen LogP contribution in [0, 0.1) is 6.92 Å². The molecule has 0 aromatic heterocycles. The first-order valence-corrected chi connectivity index (χ1v) is 8.64. The number of rotatable bonds is 9. The van der Waals surface area contributed by atoms with E-state index >= 15 is 0 Å². The zero-order chi connectivity index (χ0) is 18.3. The van der Waals surface area contributed by atoms with Gasteiger partial charge in [0, 0.05) is 18.8 Å². The van der Waals surface area contributed by atoms with Crippen molar-refractivity contribution in [2.75, 3.05) is 25.1 Å². The van der Waals surface area contributed by atoms with Crippen molar-refractivity contribution in [3.05, 3.63) is 65.2 Å². The van der Waals surface area contributed by atoms with Gasteiger partial charge in [-0.2, -0.15) is 0 Å². The lowest BCUT2D eigenvalue weighted by Gasteiger charge is -2.08. The summed E-state index contributed by atoms with van der Waals surface area (Å²) in [6, 6.07) is 16.7. The second kappa shape index (κ2) is 12.9. The molecule has 0 heterocycles. The first-order chi connectivity index (χ1) is 12.2. The molecular weight excluding hydrogens is 308 g/mol. The molecule has 2 N–H and O–H groups in total. The second-order valence-corrected chi connectivity index (χ2v) is 5.62. The Morgan fingerprint density at radius 2 is 1.60 bits per heavy atom. The SMILES string of the molecule is C=NCCNc1ccccc1CC.C=NCNCc1ccccc1C. The maximum atomic E-state index is 3.79. The summed E-state index contributed by atoms with van der Waals surface area (Å²) in [7, 11) is 0. The van der Waals surface area contributed by atoms with Crippen molar-refractivity contribution in [1.82, 2.24) is 5.32 Å². The van der Waals surface area contributed by atoms with Crippen LogP contribution >= 0.6 is 0 Å². The lowest BCUT2D eigenvalue weighted by Crippen LogP contribution is -2.13. The van der Waals surface area contributed by atoms with Gasteiger partial charge in [-0.1, -0.05) is 49.4 Å². The van der Waals surface area contributed by atoms with E-state index in [0.717, 1.165) is 26.1 Å². The maximum absolute atomic E-state index is 3.79. The molecule has 0 aliphatic rings. The predicted molar refractivity (Wildman–Crippen MR) is 111 cm³/mol. The number of aliphatic imine (C=N–C) groups is 2. The van der Waals surface area contributed by atoms with Gasteiger partial charge in [0.15, 0.2) is 0 Å². The Kier molecular flexibility index (Phi) is 10.6. The molecule has 0 aliphatic heterocycles. The lowest BCUT2D eigenvalue weighted by molar-refractivity contribution is 0.710. The molecule has 0 unspecified atom stereocenters. The van der Waals surface area contributed by atoms with Gasteiger partial charge < -0.3 is 5.32 Å². The van der Waals surface area contributed by atoms with Crippen LogP contribution < -0.4 is 10.6 Å². The molecule has 0 fully saturated rings. The highest BCUT2D eigenvalue weighted by Gasteiger charge is 1.96. The van der Waals surface area contributed by atoms with Gasteiger partial charge in [0.25, 0.3) is 0 Å². The molecule has 0 bridgehead atoms. The Hall–Kier alpha value is -2.46. The van der Waals surface area contributed by atoms with Gasteiger partial charge in [0.2, 0.25) is 0 Å². The van der Waals surface area contributed by atoms with Gasteiger partial charge in [-0.05, 0) is 49.5 Å². The smallest absolute Gasteiger partial charge is 0.0879 e. The van der Waals surface area contributed by atoms with Crippen molar-refractivity contribution in [3.8, 4) is 0 Å². The summed E-state index contributed by atoms with van der Waals surface area (Å²) in [5.41, 5.74) is 5.20. The number of nitrogens with zero attached hydrogens (tertiary/aromatic N) is 2. The Bertz CT molecular complexity index is 637. The van der Waals surface area contributed by atoms with Gasteiger partial charge >= 0.3 is 0 Å². The molecule has 0 aliphatic carbocycles. The van der Waals surface area contributed by atoms with Crippen LogP contribution in [0.1, 0.15) is 23.6 Å². The number of para-hydroxylation sites is 1.